The van der Waals surface area contributed by atoms with Gasteiger partial charge in [0, 0.05) is 46.8 Å². The van der Waals surface area contributed by atoms with Gasteiger partial charge in [0.2, 0.25) is 0 Å². The monoisotopic (exact) mass is 488 g/mol. The van der Waals surface area contributed by atoms with Crippen LogP contribution in [0.25, 0.3) is 10.6 Å². The molecular formula is C21H21BrN4O3S. The van der Waals surface area contributed by atoms with Gasteiger partial charge in [-0.15, -0.1) is 11.3 Å². The summed E-state index contributed by atoms with van der Waals surface area (Å²) < 4.78 is 11.7. The van der Waals surface area contributed by atoms with Crippen molar-refractivity contribution >= 4 is 39.0 Å². The Bertz CT molecular complexity index is 1040. The number of methoxy groups -OCH3 is 1. The number of amides is 1. The van der Waals surface area contributed by atoms with E-state index in [0.717, 1.165) is 45.3 Å². The summed E-state index contributed by atoms with van der Waals surface area (Å²) in [5.41, 5.74) is 2.23. The molecule has 1 aliphatic rings. The van der Waals surface area contributed by atoms with E-state index in [1.807, 2.05) is 30.3 Å². The summed E-state index contributed by atoms with van der Waals surface area (Å²) in [7, 11) is 1.61. The average Bonchev–Trinajstić information content (AvgIpc) is 3.29. The number of nitrogens with one attached hydrogen (secondary N) is 1. The Hall–Kier alpha value is -2.49. The maximum atomic E-state index is 12.6. The topological polar surface area (TPSA) is 76.6 Å². The molecule has 1 saturated heterocycles. The number of carbonyl (C=O) groups is 1. The van der Waals surface area contributed by atoms with Crippen molar-refractivity contribution in [1.29, 1.82) is 0 Å². The zero-order chi connectivity index (χ0) is 20.9. The first kappa shape index (κ1) is 20.8. The summed E-state index contributed by atoms with van der Waals surface area (Å²) in [6, 6.07) is 9.61. The lowest BCUT2D eigenvalue weighted by atomic mass is 10.2. The maximum absolute atomic E-state index is 12.6. The lowest BCUT2D eigenvalue weighted by Gasteiger charge is -2.27. The fourth-order valence-corrected chi connectivity index (χ4v) is 4.38. The number of benzene rings is 1. The van der Waals surface area contributed by atoms with E-state index in [1.165, 1.54) is 11.3 Å². The molecule has 0 spiro atoms. The largest absolute Gasteiger partial charge is 0.496 e. The Balaban J connectivity index is 1.45. The smallest absolute Gasteiger partial charge is 0.271 e. The highest BCUT2D eigenvalue weighted by Crippen LogP contribution is 2.27. The first-order chi connectivity index (χ1) is 14.6. The van der Waals surface area contributed by atoms with Crippen LogP contribution in [0.5, 0.6) is 5.75 Å². The molecule has 0 saturated carbocycles. The quantitative estimate of drug-likeness (QED) is 0.569. The van der Waals surface area contributed by atoms with Gasteiger partial charge in [-0.25, -0.2) is 9.97 Å². The van der Waals surface area contributed by atoms with E-state index in [2.05, 4.69) is 36.1 Å². The minimum atomic E-state index is -0.220. The molecule has 1 amide bonds. The molecule has 1 N–H and O–H groups in total. The summed E-state index contributed by atoms with van der Waals surface area (Å²) >= 11 is 4.89. The first-order valence-corrected chi connectivity index (χ1v) is 11.2. The highest BCUT2D eigenvalue weighted by Gasteiger charge is 2.16. The first-order valence-electron chi connectivity index (χ1n) is 9.49. The molecule has 3 heterocycles. The van der Waals surface area contributed by atoms with Crippen LogP contribution in [-0.4, -0.2) is 49.3 Å². The minimum absolute atomic E-state index is 0.220. The number of pyridine rings is 1. The second kappa shape index (κ2) is 9.55. The van der Waals surface area contributed by atoms with E-state index in [-0.39, 0.29) is 5.91 Å². The summed E-state index contributed by atoms with van der Waals surface area (Å²) in [6.45, 7) is 3.40. The third-order valence-corrected chi connectivity index (χ3v) is 6.13. The van der Waals surface area contributed by atoms with Crippen LogP contribution in [0.15, 0.2) is 46.4 Å². The summed E-state index contributed by atoms with van der Waals surface area (Å²) in [5, 5.41) is 5.48. The number of hydrogen-bond donors (Lipinski definition) is 1. The second-order valence-electron chi connectivity index (χ2n) is 6.68. The van der Waals surface area contributed by atoms with Crippen LogP contribution >= 0.6 is 27.3 Å². The van der Waals surface area contributed by atoms with Crippen molar-refractivity contribution in [3.05, 3.63) is 57.6 Å². The van der Waals surface area contributed by atoms with Gasteiger partial charge in [-0.1, -0.05) is 15.9 Å². The van der Waals surface area contributed by atoms with Crippen molar-refractivity contribution in [2.75, 3.05) is 38.3 Å². The highest BCUT2D eigenvalue weighted by molar-refractivity contribution is 9.10. The van der Waals surface area contributed by atoms with Crippen LogP contribution in [0, 0.1) is 0 Å². The third kappa shape index (κ3) is 4.80. The zero-order valence-corrected chi connectivity index (χ0v) is 18.8. The Morgan fingerprint density at radius 1 is 1.30 bits per heavy atom. The van der Waals surface area contributed by atoms with E-state index < -0.39 is 0 Å². The second-order valence-corrected chi connectivity index (χ2v) is 8.45. The molecule has 7 nitrogen and oxygen atoms in total. The molecule has 2 aromatic heterocycles. The maximum Gasteiger partial charge on any atom is 0.271 e. The van der Waals surface area contributed by atoms with E-state index in [1.54, 1.807) is 18.7 Å². The van der Waals surface area contributed by atoms with E-state index in [9.17, 15) is 4.79 Å². The Morgan fingerprint density at radius 3 is 2.93 bits per heavy atom. The number of nitrogens with zero attached hydrogens (tertiary/aromatic N) is 3. The molecule has 0 bridgehead atoms. The molecule has 1 fully saturated rings. The van der Waals surface area contributed by atoms with Gasteiger partial charge in [0.25, 0.3) is 5.91 Å². The molecule has 0 unspecified atom stereocenters. The Labute approximate surface area is 187 Å². The van der Waals surface area contributed by atoms with Gasteiger partial charge in [0.05, 0.1) is 20.3 Å². The van der Waals surface area contributed by atoms with Crippen LogP contribution in [0.2, 0.25) is 0 Å². The van der Waals surface area contributed by atoms with E-state index >= 15 is 0 Å². The van der Waals surface area contributed by atoms with Gasteiger partial charge in [-0.3, -0.25) is 4.79 Å². The standard InChI is InChI=1S/C21H21BrN4O3S/c1-28-18-3-2-16(22)10-15(18)12-24-20(27)17-13-30-21(25-17)14-4-5-23-19(11-14)26-6-8-29-9-7-26/h2-5,10-11,13H,6-9,12H2,1H3,(H,24,27). The molecule has 0 aliphatic carbocycles. The van der Waals surface area contributed by atoms with Crippen molar-refractivity contribution in [3.8, 4) is 16.3 Å². The summed E-state index contributed by atoms with van der Waals surface area (Å²) in [5.74, 6) is 1.41. The van der Waals surface area contributed by atoms with Crippen LogP contribution in [0.4, 0.5) is 5.82 Å². The Morgan fingerprint density at radius 2 is 2.13 bits per heavy atom. The van der Waals surface area contributed by atoms with Crippen LogP contribution in [0.1, 0.15) is 16.1 Å². The molecular weight excluding hydrogens is 468 g/mol. The molecule has 1 aliphatic heterocycles. The fraction of sp³-hybridized carbons (Fsp3) is 0.286. The Kier molecular flexibility index (Phi) is 6.61. The SMILES string of the molecule is COc1ccc(Br)cc1CNC(=O)c1csc(-c2ccnc(N3CCOCC3)c2)n1. The number of hydrogen-bond acceptors (Lipinski definition) is 7. The average molecular weight is 489 g/mol. The molecule has 1 aromatic carbocycles. The van der Waals surface area contributed by atoms with Gasteiger partial charge < -0.3 is 19.7 Å². The number of carbonyl (C=O) groups excluding carboxylic acids is 1. The van der Waals surface area contributed by atoms with E-state index in [0.29, 0.717) is 25.5 Å². The molecule has 3 aromatic rings. The van der Waals surface area contributed by atoms with Crippen molar-refractivity contribution in [3.63, 3.8) is 0 Å². The summed E-state index contributed by atoms with van der Waals surface area (Å²) in [4.78, 5) is 23.8. The lowest BCUT2D eigenvalue weighted by Crippen LogP contribution is -2.36. The molecule has 156 valence electrons. The van der Waals surface area contributed by atoms with Crippen molar-refractivity contribution < 1.29 is 14.3 Å². The number of anilines is 1. The van der Waals surface area contributed by atoms with Gasteiger partial charge in [-0.05, 0) is 30.3 Å². The van der Waals surface area contributed by atoms with Gasteiger partial charge in [0.15, 0.2) is 0 Å². The van der Waals surface area contributed by atoms with Crippen LogP contribution in [0.3, 0.4) is 0 Å². The molecule has 30 heavy (non-hydrogen) atoms. The van der Waals surface area contributed by atoms with Crippen molar-refractivity contribution in [1.82, 2.24) is 15.3 Å². The summed E-state index contributed by atoms with van der Waals surface area (Å²) in [6.07, 6.45) is 1.78. The minimum Gasteiger partial charge on any atom is -0.496 e. The normalized spacial score (nSPS) is 13.9. The van der Waals surface area contributed by atoms with Crippen molar-refractivity contribution in [2.45, 2.75) is 6.54 Å². The van der Waals surface area contributed by atoms with Gasteiger partial charge in [-0.2, -0.15) is 0 Å². The third-order valence-electron chi connectivity index (χ3n) is 4.75. The number of morpholine rings is 1. The number of rotatable bonds is 6. The van der Waals surface area contributed by atoms with Crippen LogP contribution < -0.4 is 15.0 Å². The molecule has 0 atom stereocenters. The highest BCUT2D eigenvalue weighted by atomic mass is 79.9. The van der Waals surface area contributed by atoms with Crippen molar-refractivity contribution in [2.24, 2.45) is 0 Å². The number of thiazole rings is 1. The van der Waals surface area contributed by atoms with Gasteiger partial charge >= 0.3 is 0 Å². The lowest BCUT2D eigenvalue weighted by molar-refractivity contribution is 0.0946. The van der Waals surface area contributed by atoms with Gasteiger partial charge in [0.1, 0.15) is 22.3 Å². The molecule has 4 rings (SSSR count). The number of halogens is 1. The molecule has 0 radical (unpaired) electrons. The number of ether oxygens (including phenoxy) is 2. The van der Waals surface area contributed by atoms with E-state index in [4.69, 9.17) is 9.47 Å². The molecule has 9 heteroatoms. The predicted molar refractivity (Wildman–Crippen MR) is 120 cm³/mol. The van der Waals surface area contributed by atoms with Crippen LogP contribution in [-0.2, 0) is 11.3 Å². The zero-order valence-electron chi connectivity index (χ0n) is 16.4. The number of aromatic nitrogens is 2. The predicted octanol–water partition coefficient (Wildman–Crippen LogP) is 3.74. The fourth-order valence-electron chi connectivity index (χ4n) is 3.18.